The molecule has 0 bridgehead atoms. The summed E-state index contributed by atoms with van der Waals surface area (Å²) in [5, 5.41) is 17.9. The van der Waals surface area contributed by atoms with Gasteiger partial charge in [0.25, 0.3) is 0 Å². The van der Waals surface area contributed by atoms with Gasteiger partial charge in [-0.15, -0.1) is 0 Å². The molecule has 0 aromatic rings. The van der Waals surface area contributed by atoms with Crippen molar-refractivity contribution < 1.29 is 35.1 Å². The number of alkyl halides is 8. The predicted molar refractivity (Wildman–Crippen MR) is 67.8 cm³/mol. The second-order valence-electron chi connectivity index (χ2n) is 6.75. The van der Waals surface area contributed by atoms with Gasteiger partial charge in [0.05, 0.1) is 12.1 Å². The average molecular weight is 364 g/mol. The normalized spacial score (nSPS) is 14.4. The molecule has 2 nitrogen and oxygen atoms in total. The first kappa shape index (κ1) is 22.4. The van der Waals surface area contributed by atoms with Crippen molar-refractivity contribution in [2.75, 3.05) is 0 Å². The zero-order chi connectivity index (χ0) is 19.6. The van der Waals surface area contributed by atoms with Crippen LogP contribution >= 0.6 is 0 Å². The van der Waals surface area contributed by atoms with Gasteiger partial charge in [0.1, 0.15) is 5.41 Å². The van der Waals surface area contributed by atoms with E-state index in [2.05, 4.69) is 0 Å². The van der Waals surface area contributed by atoms with Gasteiger partial charge < -0.3 is 0 Å². The van der Waals surface area contributed by atoms with Gasteiger partial charge in [-0.1, -0.05) is 20.8 Å². The van der Waals surface area contributed by atoms with Gasteiger partial charge in [-0.3, -0.25) is 0 Å². The van der Waals surface area contributed by atoms with E-state index in [9.17, 15) is 35.1 Å². The molecule has 0 aromatic heterocycles. The van der Waals surface area contributed by atoms with E-state index in [1.54, 1.807) is 20.8 Å². The highest BCUT2D eigenvalue weighted by atomic mass is 19.4. The third-order valence-corrected chi connectivity index (χ3v) is 3.41. The third-order valence-electron chi connectivity index (χ3n) is 3.41. The van der Waals surface area contributed by atoms with Crippen molar-refractivity contribution in [3.05, 3.63) is 0 Å². The molecule has 138 valence electrons. The van der Waals surface area contributed by atoms with Gasteiger partial charge in [0.15, 0.2) is 0 Å². The molecule has 0 fully saturated rings. The van der Waals surface area contributed by atoms with Crippen LogP contribution in [-0.4, -0.2) is 24.2 Å². The first-order chi connectivity index (χ1) is 10.5. The Kier molecular flexibility index (Phi) is 6.29. The Morgan fingerprint density at radius 2 is 1.25 bits per heavy atom. The summed E-state index contributed by atoms with van der Waals surface area (Å²) in [5.41, 5.74) is -3.28. The van der Waals surface area contributed by atoms with Crippen molar-refractivity contribution >= 4 is 0 Å². The van der Waals surface area contributed by atoms with Crippen molar-refractivity contribution in [3.63, 3.8) is 0 Å². The minimum absolute atomic E-state index is 0.0268. The Hall–Kier alpha value is -1.58. The summed E-state index contributed by atoms with van der Waals surface area (Å²) in [6.07, 6.45) is -7.94. The summed E-state index contributed by atoms with van der Waals surface area (Å²) in [5.74, 6) is -18.4. The molecule has 0 N–H and O–H groups in total. The Bertz CT molecular complexity index is 508. The molecule has 0 aromatic carbocycles. The highest BCUT2D eigenvalue weighted by molar-refractivity contribution is 5.17. The minimum Gasteiger partial charge on any atom is -0.203 e. The molecule has 0 saturated carbocycles. The van der Waals surface area contributed by atoms with Crippen LogP contribution in [0.2, 0.25) is 0 Å². The topological polar surface area (TPSA) is 47.6 Å². The van der Waals surface area contributed by atoms with Gasteiger partial charge in [0, 0.05) is 6.42 Å². The van der Waals surface area contributed by atoms with Crippen LogP contribution in [0.15, 0.2) is 0 Å². The molecule has 0 saturated heterocycles. The van der Waals surface area contributed by atoms with E-state index in [-0.39, 0.29) is 6.42 Å². The third kappa shape index (κ3) is 4.49. The smallest absolute Gasteiger partial charge is 0.203 e. The Balaban J connectivity index is 5.71. The standard InChI is InChI=1S/C14H16F8N2/c1-10(2,3)4-5-11(7-23,8-24)6-12(17,18)14(21,22)13(19,20)9(15)16/h9H,4-6H2,1-3H3. The van der Waals surface area contributed by atoms with Crippen LogP contribution in [0, 0.1) is 33.5 Å². The molecule has 0 aliphatic rings. The number of nitriles is 2. The Labute approximate surface area is 134 Å². The molecular weight excluding hydrogens is 348 g/mol. The van der Waals surface area contributed by atoms with E-state index >= 15 is 0 Å². The van der Waals surface area contributed by atoms with E-state index in [0.29, 0.717) is 0 Å². The first-order valence-electron chi connectivity index (χ1n) is 6.72. The summed E-state index contributed by atoms with van der Waals surface area (Å²) >= 11 is 0. The van der Waals surface area contributed by atoms with Gasteiger partial charge >= 0.3 is 24.2 Å². The number of halogens is 8. The van der Waals surface area contributed by atoms with Crippen molar-refractivity contribution in [1.29, 1.82) is 10.5 Å². The maximum absolute atomic E-state index is 13.7. The van der Waals surface area contributed by atoms with E-state index in [1.807, 2.05) is 0 Å². The fourth-order valence-electron chi connectivity index (χ4n) is 1.76. The lowest BCUT2D eigenvalue weighted by atomic mass is 9.75. The van der Waals surface area contributed by atoms with Crippen molar-refractivity contribution in [3.8, 4) is 12.1 Å². The lowest BCUT2D eigenvalue weighted by molar-refractivity contribution is -0.342. The quantitative estimate of drug-likeness (QED) is 0.567. The molecule has 0 aliphatic heterocycles. The fraction of sp³-hybridized carbons (Fsp3) is 0.857. The molecule has 0 aliphatic carbocycles. The van der Waals surface area contributed by atoms with Crippen LogP contribution in [0.1, 0.15) is 40.0 Å². The second kappa shape index (κ2) is 6.73. The van der Waals surface area contributed by atoms with E-state index in [4.69, 9.17) is 10.5 Å². The van der Waals surface area contributed by atoms with Gasteiger partial charge in [0.2, 0.25) is 0 Å². The number of nitrogens with zero attached hydrogens (tertiary/aromatic N) is 2. The van der Waals surface area contributed by atoms with Crippen LogP contribution in [0.25, 0.3) is 0 Å². The minimum atomic E-state index is -6.42. The SMILES string of the molecule is CC(C)(C)CCC(C#N)(C#N)CC(F)(F)C(F)(F)C(F)(F)C(F)F. The molecule has 0 spiro atoms. The maximum Gasteiger partial charge on any atom is 0.377 e. The molecular formula is C14H16F8N2. The number of hydrogen-bond acceptors (Lipinski definition) is 2. The van der Waals surface area contributed by atoms with Gasteiger partial charge in [-0.05, 0) is 18.3 Å². The average Bonchev–Trinajstić information content (AvgIpc) is 2.42. The van der Waals surface area contributed by atoms with E-state index < -0.39 is 47.9 Å². The van der Waals surface area contributed by atoms with E-state index in [1.165, 1.54) is 0 Å². The van der Waals surface area contributed by atoms with Gasteiger partial charge in [-0.2, -0.15) is 36.9 Å². The number of rotatable bonds is 7. The largest absolute Gasteiger partial charge is 0.377 e. The zero-order valence-electron chi connectivity index (χ0n) is 13.1. The van der Waals surface area contributed by atoms with Gasteiger partial charge in [-0.25, -0.2) is 8.78 Å². The van der Waals surface area contributed by atoms with E-state index in [0.717, 1.165) is 12.1 Å². The molecule has 0 heterocycles. The van der Waals surface area contributed by atoms with Crippen LogP contribution < -0.4 is 0 Å². The van der Waals surface area contributed by atoms with Crippen molar-refractivity contribution in [1.82, 2.24) is 0 Å². The molecule has 0 unspecified atom stereocenters. The van der Waals surface area contributed by atoms with Crippen LogP contribution in [0.5, 0.6) is 0 Å². The molecule has 10 heteroatoms. The summed E-state index contributed by atoms with van der Waals surface area (Å²) < 4.78 is 104. The molecule has 0 atom stereocenters. The zero-order valence-corrected chi connectivity index (χ0v) is 13.1. The Morgan fingerprint density at radius 3 is 1.54 bits per heavy atom. The van der Waals surface area contributed by atoms with Crippen LogP contribution in [0.4, 0.5) is 35.1 Å². The molecule has 0 rings (SSSR count). The Morgan fingerprint density at radius 1 is 0.833 bits per heavy atom. The summed E-state index contributed by atoms with van der Waals surface area (Å²) in [4.78, 5) is 0. The molecule has 0 radical (unpaired) electrons. The molecule has 0 amide bonds. The first-order valence-corrected chi connectivity index (χ1v) is 6.72. The monoisotopic (exact) mass is 364 g/mol. The highest BCUT2D eigenvalue weighted by Gasteiger charge is 2.76. The summed E-state index contributed by atoms with van der Waals surface area (Å²) in [7, 11) is 0. The summed E-state index contributed by atoms with van der Waals surface area (Å²) in [6, 6.07) is 2.28. The lowest BCUT2D eigenvalue weighted by Gasteiger charge is -2.35. The highest BCUT2D eigenvalue weighted by Crippen LogP contribution is 2.53. The van der Waals surface area contributed by atoms with Crippen molar-refractivity contribution in [2.24, 2.45) is 10.8 Å². The summed E-state index contributed by atoms with van der Waals surface area (Å²) in [6.45, 7) is 4.85. The number of hydrogen-bond donors (Lipinski definition) is 0. The lowest BCUT2D eigenvalue weighted by Crippen LogP contribution is -2.58. The second-order valence-corrected chi connectivity index (χ2v) is 6.75. The van der Waals surface area contributed by atoms with Crippen LogP contribution in [-0.2, 0) is 0 Å². The van der Waals surface area contributed by atoms with Crippen LogP contribution in [0.3, 0.4) is 0 Å². The predicted octanol–water partition coefficient (Wildman–Crippen LogP) is 5.41. The van der Waals surface area contributed by atoms with Crippen molar-refractivity contribution in [2.45, 2.75) is 64.2 Å². The molecule has 24 heavy (non-hydrogen) atoms. The maximum atomic E-state index is 13.7. The fourth-order valence-corrected chi connectivity index (χ4v) is 1.76.